The highest BCUT2D eigenvalue weighted by Crippen LogP contribution is 2.18. The molecule has 0 saturated heterocycles. The van der Waals surface area contributed by atoms with Crippen molar-refractivity contribution in [1.29, 1.82) is 5.26 Å². The minimum Gasteiger partial charge on any atom is -0.452 e. The number of esters is 1. The number of aromatic nitrogens is 2. The van der Waals surface area contributed by atoms with E-state index in [4.69, 9.17) is 21.6 Å². The number of fused-ring (bicyclic) bond motifs is 1. The zero-order chi connectivity index (χ0) is 19.2. The molecule has 0 saturated carbocycles. The number of amides is 1. The third-order valence-corrected chi connectivity index (χ3v) is 3.80. The summed E-state index contributed by atoms with van der Waals surface area (Å²) in [7, 11) is 0. The minimum absolute atomic E-state index is 0.250. The van der Waals surface area contributed by atoms with E-state index in [-0.39, 0.29) is 5.15 Å². The van der Waals surface area contributed by atoms with Gasteiger partial charge in [-0.2, -0.15) is 5.26 Å². The standard InChI is InChI=1S/C19H13ClN4O3/c20-19-15(24-9-2-1-6-16(24)23-19)7-8-18(26)27-12-17(25)22-14-5-3-4-13(10-14)11-21/h1-10H,12H2,(H,22,25)/b8-7+. The molecule has 8 heteroatoms. The number of ether oxygens (including phenoxy) is 1. The Morgan fingerprint density at radius 3 is 2.96 bits per heavy atom. The first kappa shape index (κ1) is 18.2. The van der Waals surface area contributed by atoms with Crippen molar-refractivity contribution in [3.05, 3.63) is 71.1 Å². The van der Waals surface area contributed by atoms with Crippen LogP contribution in [0.4, 0.5) is 5.69 Å². The first-order valence-corrected chi connectivity index (χ1v) is 8.22. The van der Waals surface area contributed by atoms with Gasteiger partial charge in [-0.25, -0.2) is 9.78 Å². The molecule has 1 N–H and O–H groups in total. The Bertz CT molecular complexity index is 1080. The maximum absolute atomic E-state index is 11.8. The number of carbonyl (C=O) groups is 2. The molecule has 7 nitrogen and oxygen atoms in total. The first-order chi connectivity index (χ1) is 13.1. The van der Waals surface area contributed by atoms with Crippen LogP contribution in [-0.2, 0) is 14.3 Å². The molecule has 2 heterocycles. The summed E-state index contributed by atoms with van der Waals surface area (Å²) >= 11 is 6.07. The number of nitriles is 1. The van der Waals surface area contributed by atoms with Crippen LogP contribution in [0.25, 0.3) is 11.7 Å². The minimum atomic E-state index is -0.696. The Balaban J connectivity index is 1.57. The number of pyridine rings is 1. The summed E-state index contributed by atoms with van der Waals surface area (Å²) in [5, 5.41) is 11.6. The van der Waals surface area contributed by atoms with Gasteiger partial charge in [0.05, 0.1) is 17.3 Å². The lowest BCUT2D eigenvalue weighted by Gasteiger charge is -2.05. The molecule has 0 unspecified atom stereocenters. The lowest BCUT2D eigenvalue weighted by Crippen LogP contribution is -2.20. The molecule has 0 fully saturated rings. The lowest BCUT2D eigenvalue weighted by atomic mass is 10.2. The van der Waals surface area contributed by atoms with Crippen LogP contribution in [-0.4, -0.2) is 27.9 Å². The Kier molecular flexibility index (Phi) is 5.50. The van der Waals surface area contributed by atoms with Gasteiger partial charge in [-0.15, -0.1) is 0 Å². The molecule has 27 heavy (non-hydrogen) atoms. The second-order valence-electron chi connectivity index (χ2n) is 5.40. The van der Waals surface area contributed by atoms with Crippen molar-refractivity contribution >= 4 is 40.9 Å². The summed E-state index contributed by atoms with van der Waals surface area (Å²) in [6.45, 7) is -0.458. The van der Waals surface area contributed by atoms with Crippen LogP contribution < -0.4 is 5.32 Å². The molecule has 0 aliphatic rings. The van der Waals surface area contributed by atoms with Crippen molar-refractivity contribution in [3.63, 3.8) is 0 Å². The van der Waals surface area contributed by atoms with Gasteiger partial charge in [0.1, 0.15) is 5.65 Å². The summed E-state index contributed by atoms with van der Waals surface area (Å²) in [6, 6.07) is 13.8. The Hall–Kier alpha value is -3.63. The number of anilines is 1. The van der Waals surface area contributed by atoms with Gasteiger partial charge in [-0.1, -0.05) is 23.7 Å². The molecule has 2 aromatic heterocycles. The van der Waals surface area contributed by atoms with Gasteiger partial charge in [0, 0.05) is 18.0 Å². The van der Waals surface area contributed by atoms with E-state index in [9.17, 15) is 9.59 Å². The molecular formula is C19H13ClN4O3. The van der Waals surface area contributed by atoms with Crippen LogP contribution in [0.5, 0.6) is 0 Å². The number of rotatable bonds is 5. The Labute approximate surface area is 159 Å². The molecule has 1 aromatic carbocycles. The van der Waals surface area contributed by atoms with E-state index in [1.807, 2.05) is 18.2 Å². The van der Waals surface area contributed by atoms with E-state index >= 15 is 0 Å². The Morgan fingerprint density at radius 2 is 2.15 bits per heavy atom. The fourth-order valence-electron chi connectivity index (χ4n) is 2.33. The summed E-state index contributed by atoms with van der Waals surface area (Å²) in [6.07, 6.45) is 4.41. The Morgan fingerprint density at radius 1 is 1.30 bits per heavy atom. The molecule has 0 atom stereocenters. The van der Waals surface area contributed by atoms with Crippen molar-refractivity contribution < 1.29 is 14.3 Å². The zero-order valence-electron chi connectivity index (χ0n) is 13.9. The molecule has 0 radical (unpaired) electrons. The molecular weight excluding hydrogens is 368 g/mol. The third-order valence-electron chi connectivity index (χ3n) is 3.52. The summed E-state index contributed by atoms with van der Waals surface area (Å²) < 4.78 is 6.63. The zero-order valence-corrected chi connectivity index (χ0v) is 14.7. The van der Waals surface area contributed by atoms with Gasteiger partial charge >= 0.3 is 5.97 Å². The van der Waals surface area contributed by atoms with E-state index < -0.39 is 18.5 Å². The second kappa shape index (κ2) is 8.17. The van der Waals surface area contributed by atoms with Gasteiger partial charge in [-0.05, 0) is 36.4 Å². The predicted molar refractivity (Wildman–Crippen MR) is 100.0 cm³/mol. The number of nitrogens with one attached hydrogen (secondary N) is 1. The quantitative estimate of drug-likeness (QED) is 0.542. The van der Waals surface area contributed by atoms with Crippen molar-refractivity contribution in [2.45, 2.75) is 0 Å². The lowest BCUT2D eigenvalue weighted by molar-refractivity contribution is -0.142. The first-order valence-electron chi connectivity index (χ1n) is 7.84. The third kappa shape index (κ3) is 4.51. The molecule has 0 aliphatic heterocycles. The van der Waals surface area contributed by atoms with Crippen LogP contribution in [0.1, 0.15) is 11.3 Å². The number of carbonyl (C=O) groups excluding carboxylic acids is 2. The molecule has 1 amide bonds. The van der Waals surface area contributed by atoms with Crippen LogP contribution in [0.3, 0.4) is 0 Å². The van der Waals surface area contributed by atoms with E-state index in [1.54, 1.807) is 34.9 Å². The number of nitrogens with zero attached hydrogens (tertiary/aromatic N) is 3. The predicted octanol–water partition coefficient (Wildman–Crippen LogP) is 3.05. The number of hydrogen-bond acceptors (Lipinski definition) is 5. The summed E-state index contributed by atoms with van der Waals surface area (Å²) in [5.74, 6) is -1.21. The van der Waals surface area contributed by atoms with Gasteiger partial charge in [-0.3, -0.25) is 9.20 Å². The fourth-order valence-corrected chi connectivity index (χ4v) is 2.57. The molecule has 3 rings (SSSR count). The molecule has 3 aromatic rings. The second-order valence-corrected chi connectivity index (χ2v) is 5.76. The monoisotopic (exact) mass is 380 g/mol. The number of halogens is 1. The molecule has 134 valence electrons. The number of hydrogen-bond donors (Lipinski definition) is 1. The van der Waals surface area contributed by atoms with Gasteiger partial charge in [0.25, 0.3) is 5.91 Å². The van der Waals surface area contributed by atoms with Crippen molar-refractivity contribution in [1.82, 2.24) is 9.38 Å². The smallest absolute Gasteiger partial charge is 0.331 e. The average molecular weight is 381 g/mol. The van der Waals surface area contributed by atoms with Crippen LogP contribution in [0.2, 0.25) is 5.15 Å². The van der Waals surface area contributed by atoms with Gasteiger partial charge < -0.3 is 10.1 Å². The topological polar surface area (TPSA) is 96.5 Å². The highest BCUT2D eigenvalue weighted by Gasteiger charge is 2.09. The van der Waals surface area contributed by atoms with E-state index in [0.29, 0.717) is 22.6 Å². The maximum Gasteiger partial charge on any atom is 0.331 e. The van der Waals surface area contributed by atoms with Crippen molar-refractivity contribution in [2.75, 3.05) is 11.9 Å². The fraction of sp³-hybridized carbons (Fsp3) is 0.0526. The summed E-state index contributed by atoms with van der Waals surface area (Å²) in [5.41, 5.74) is 2.04. The number of benzene rings is 1. The average Bonchev–Trinajstić information content (AvgIpc) is 3.00. The van der Waals surface area contributed by atoms with Gasteiger partial charge in [0.2, 0.25) is 0 Å². The van der Waals surface area contributed by atoms with E-state index in [1.165, 1.54) is 18.2 Å². The highest BCUT2D eigenvalue weighted by molar-refractivity contribution is 6.31. The maximum atomic E-state index is 11.8. The van der Waals surface area contributed by atoms with Crippen LogP contribution >= 0.6 is 11.6 Å². The van der Waals surface area contributed by atoms with E-state index in [2.05, 4.69) is 10.3 Å². The van der Waals surface area contributed by atoms with E-state index in [0.717, 1.165) is 0 Å². The normalized spacial score (nSPS) is 10.7. The molecule has 0 spiro atoms. The summed E-state index contributed by atoms with van der Waals surface area (Å²) in [4.78, 5) is 27.9. The molecule has 0 bridgehead atoms. The van der Waals surface area contributed by atoms with Crippen LogP contribution in [0.15, 0.2) is 54.7 Å². The van der Waals surface area contributed by atoms with Crippen molar-refractivity contribution in [3.8, 4) is 6.07 Å². The van der Waals surface area contributed by atoms with Crippen molar-refractivity contribution in [2.24, 2.45) is 0 Å². The van der Waals surface area contributed by atoms with Gasteiger partial charge in [0.15, 0.2) is 11.8 Å². The highest BCUT2D eigenvalue weighted by atomic mass is 35.5. The SMILES string of the molecule is N#Cc1cccc(NC(=O)COC(=O)/C=C/c2c(Cl)nc3ccccn23)c1. The molecule has 0 aliphatic carbocycles. The number of imidazole rings is 1. The largest absolute Gasteiger partial charge is 0.452 e. The van der Waals surface area contributed by atoms with Crippen LogP contribution in [0, 0.1) is 11.3 Å².